The van der Waals surface area contributed by atoms with E-state index in [2.05, 4.69) is 25.7 Å². The third-order valence-corrected chi connectivity index (χ3v) is 2.10. The molecule has 1 fully saturated rings. The summed E-state index contributed by atoms with van der Waals surface area (Å²) in [5.41, 5.74) is 0. The van der Waals surface area contributed by atoms with Gasteiger partial charge in [0.1, 0.15) is 0 Å². The minimum atomic E-state index is 0.617. The van der Waals surface area contributed by atoms with Crippen LogP contribution >= 0.6 is 0 Å². The average Bonchev–Trinajstić information content (AvgIpc) is 2.12. The van der Waals surface area contributed by atoms with Crippen molar-refractivity contribution in [3.63, 3.8) is 0 Å². The Balaban J connectivity index is 0.000000671. The fourth-order valence-electron chi connectivity index (χ4n) is 1.50. The van der Waals surface area contributed by atoms with Crippen LogP contribution in [-0.2, 0) is 4.74 Å². The molecule has 1 unspecified atom stereocenters. The van der Waals surface area contributed by atoms with Gasteiger partial charge in [-0.3, -0.25) is 4.90 Å². The predicted molar refractivity (Wildman–Crippen MR) is 58.0 cm³/mol. The standard InChI is InChI=1S/C9H19NO.C2H6/c1-8(2)6-10-4-5-11-7-9(10)3;1-2/h8-9H,4-7H2,1-3H3;1-2H3. The molecule has 1 atom stereocenters. The Labute approximate surface area is 83.3 Å². The first-order valence-corrected chi connectivity index (χ1v) is 5.52. The molecule has 80 valence electrons. The molecule has 0 bridgehead atoms. The van der Waals surface area contributed by atoms with E-state index in [-0.39, 0.29) is 0 Å². The molecule has 1 saturated heterocycles. The van der Waals surface area contributed by atoms with E-state index in [4.69, 9.17) is 4.74 Å². The molecule has 0 saturated carbocycles. The molecule has 0 aromatic rings. The highest BCUT2D eigenvalue weighted by molar-refractivity contribution is 4.71. The fraction of sp³-hybridized carbons (Fsp3) is 1.00. The summed E-state index contributed by atoms with van der Waals surface area (Å²) in [6.45, 7) is 14.9. The fourth-order valence-corrected chi connectivity index (χ4v) is 1.50. The quantitative estimate of drug-likeness (QED) is 0.658. The summed E-state index contributed by atoms with van der Waals surface area (Å²) in [5, 5.41) is 0. The third kappa shape index (κ3) is 5.27. The molecule has 0 aromatic carbocycles. The lowest BCUT2D eigenvalue weighted by Gasteiger charge is -2.34. The lowest BCUT2D eigenvalue weighted by atomic mass is 10.1. The molecule has 0 aliphatic carbocycles. The van der Waals surface area contributed by atoms with Crippen molar-refractivity contribution < 1.29 is 4.74 Å². The van der Waals surface area contributed by atoms with Gasteiger partial charge in [-0.25, -0.2) is 0 Å². The van der Waals surface area contributed by atoms with Crippen molar-refractivity contribution in [2.75, 3.05) is 26.3 Å². The lowest BCUT2D eigenvalue weighted by molar-refractivity contribution is -0.00517. The smallest absolute Gasteiger partial charge is 0.0619 e. The molecule has 1 heterocycles. The molecular weight excluding hydrogens is 162 g/mol. The van der Waals surface area contributed by atoms with Gasteiger partial charge in [0.2, 0.25) is 0 Å². The number of hydrogen-bond donors (Lipinski definition) is 0. The first-order chi connectivity index (χ1) is 6.20. The Morgan fingerprint density at radius 3 is 2.46 bits per heavy atom. The van der Waals surface area contributed by atoms with Crippen LogP contribution in [0, 0.1) is 5.92 Å². The molecule has 13 heavy (non-hydrogen) atoms. The van der Waals surface area contributed by atoms with E-state index < -0.39 is 0 Å². The zero-order valence-corrected chi connectivity index (χ0v) is 9.84. The topological polar surface area (TPSA) is 12.5 Å². The van der Waals surface area contributed by atoms with E-state index in [1.165, 1.54) is 6.54 Å². The number of hydrogen-bond acceptors (Lipinski definition) is 2. The van der Waals surface area contributed by atoms with Gasteiger partial charge in [0.05, 0.1) is 13.2 Å². The van der Waals surface area contributed by atoms with Gasteiger partial charge in [0.25, 0.3) is 0 Å². The number of nitrogens with zero attached hydrogens (tertiary/aromatic N) is 1. The van der Waals surface area contributed by atoms with Crippen molar-refractivity contribution in [2.24, 2.45) is 5.92 Å². The van der Waals surface area contributed by atoms with E-state index >= 15 is 0 Å². The number of rotatable bonds is 2. The molecule has 1 aliphatic rings. The van der Waals surface area contributed by atoms with Gasteiger partial charge < -0.3 is 4.74 Å². The zero-order chi connectivity index (χ0) is 10.3. The highest BCUT2D eigenvalue weighted by Gasteiger charge is 2.18. The van der Waals surface area contributed by atoms with Crippen LogP contribution in [0.5, 0.6) is 0 Å². The van der Waals surface area contributed by atoms with Crippen LogP contribution in [0.1, 0.15) is 34.6 Å². The van der Waals surface area contributed by atoms with Crippen molar-refractivity contribution >= 4 is 0 Å². The molecule has 0 N–H and O–H groups in total. The van der Waals surface area contributed by atoms with Crippen LogP contribution in [-0.4, -0.2) is 37.2 Å². The molecule has 2 nitrogen and oxygen atoms in total. The largest absolute Gasteiger partial charge is 0.379 e. The van der Waals surface area contributed by atoms with Crippen LogP contribution in [0.25, 0.3) is 0 Å². The van der Waals surface area contributed by atoms with Crippen LogP contribution in [0.3, 0.4) is 0 Å². The molecule has 0 amide bonds. The monoisotopic (exact) mass is 187 g/mol. The van der Waals surface area contributed by atoms with Crippen LogP contribution in [0.4, 0.5) is 0 Å². The van der Waals surface area contributed by atoms with Gasteiger partial charge in [0, 0.05) is 19.1 Å². The van der Waals surface area contributed by atoms with Crippen LogP contribution in [0.15, 0.2) is 0 Å². The molecule has 2 heteroatoms. The molecular formula is C11H25NO. The molecule has 0 radical (unpaired) electrons. The third-order valence-electron chi connectivity index (χ3n) is 2.10. The summed E-state index contributed by atoms with van der Waals surface area (Å²) in [6.07, 6.45) is 0. The van der Waals surface area contributed by atoms with E-state index in [0.717, 1.165) is 25.7 Å². The Morgan fingerprint density at radius 2 is 2.00 bits per heavy atom. The number of ether oxygens (including phenoxy) is 1. The van der Waals surface area contributed by atoms with Crippen molar-refractivity contribution in [3.05, 3.63) is 0 Å². The van der Waals surface area contributed by atoms with Crippen molar-refractivity contribution in [3.8, 4) is 0 Å². The van der Waals surface area contributed by atoms with Crippen LogP contribution in [0.2, 0.25) is 0 Å². The van der Waals surface area contributed by atoms with Gasteiger partial charge in [-0.2, -0.15) is 0 Å². The molecule has 0 spiro atoms. The Bertz CT molecular complexity index is 115. The minimum Gasteiger partial charge on any atom is -0.379 e. The van der Waals surface area contributed by atoms with Gasteiger partial charge in [-0.1, -0.05) is 27.7 Å². The maximum Gasteiger partial charge on any atom is 0.0619 e. The average molecular weight is 187 g/mol. The lowest BCUT2D eigenvalue weighted by Crippen LogP contribution is -2.45. The Hall–Kier alpha value is -0.0800. The second-order valence-electron chi connectivity index (χ2n) is 3.81. The van der Waals surface area contributed by atoms with Crippen molar-refractivity contribution in [1.29, 1.82) is 0 Å². The summed E-state index contributed by atoms with van der Waals surface area (Å²) in [5.74, 6) is 0.774. The maximum atomic E-state index is 5.35. The SMILES string of the molecule is CC.CC(C)CN1CCOCC1C. The highest BCUT2D eigenvalue weighted by atomic mass is 16.5. The Kier molecular flexibility index (Phi) is 7.29. The minimum absolute atomic E-state index is 0.617. The first-order valence-electron chi connectivity index (χ1n) is 5.52. The van der Waals surface area contributed by atoms with E-state index in [0.29, 0.717) is 6.04 Å². The molecule has 1 aliphatic heterocycles. The summed E-state index contributed by atoms with van der Waals surface area (Å²) >= 11 is 0. The number of morpholine rings is 1. The second kappa shape index (κ2) is 7.34. The normalized spacial score (nSPS) is 24.0. The van der Waals surface area contributed by atoms with Gasteiger partial charge >= 0.3 is 0 Å². The highest BCUT2D eigenvalue weighted by Crippen LogP contribution is 2.08. The Morgan fingerprint density at radius 1 is 1.38 bits per heavy atom. The van der Waals surface area contributed by atoms with Gasteiger partial charge in [-0.15, -0.1) is 0 Å². The summed E-state index contributed by atoms with van der Waals surface area (Å²) in [4.78, 5) is 2.51. The summed E-state index contributed by atoms with van der Waals surface area (Å²) in [6, 6.07) is 0.617. The van der Waals surface area contributed by atoms with Gasteiger partial charge in [0.15, 0.2) is 0 Å². The van der Waals surface area contributed by atoms with Gasteiger partial charge in [-0.05, 0) is 12.8 Å². The maximum absolute atomic E-state index is 5.35. The first kappa shape index (κ1) is 12.9. The van der Waals surface area contributed by atoms with Crippen LogP contribution < -0.4 is 0 Å². The summed E-state index contributed by atoms with van der Waals surface area (Å²) in [7, 11) is 0. The van der Waals surface area contributed by atoms with Crippen molar-refractivity contribution in [2.45, 2.75) is 40.7 Å². The predicted octanol–water partition coefficient (Wildman–Crippen LogP) is 2.39. The molecule has 0 aromatic heterocycles. The summed E-state index contributed by atoms with van der Waals surface area (Å²) < 4.78 is 5.35. The van der Waals surface area contributed by atoms with Crippen molar-refractivity contribution in [1.82, 2.24) is 4.90 Å². The second-order valence-corrected chi connectivity index (χ2v) is 3.81. The van der Waals surface area contributed by atoms with E-state index in [1.54, 1.807) is 0 Å². The van der Waals surface area contributed by atoms with E-state index in [1.807, 2.05) is 13.8 Å². The molecule has 1 rings (SSSR count). The van der Waals surface area contributed by atoms with E-state index in [9.17, 15) is 0 Å². The zero-order valence-electron chi connectivity index (χ0n) is 9.84.